The number of hydrogen-bond acceptors (Lipinski definition) is 2. The van der Waals surface area contributed by atoms with E-state index in [9.17, 15) is 18.0 Å². The number of alkyl halides is 3. The molecule has 0 N–H and O–H groups in total. The first kappa shape index (κ1) is 14.8. The van der Waals surface area contributed by atoms with Crippen LogP contribution < -0.4 is 0 Å². The van der Waals surface area contributed by atoms with Crippen molar-refractivity contribution in [3.63, 3.8) is 0 Å². The van der Waals surface area contributed by atoms with Gasteiger partial charge in [0, 0.05) is 20.2 Å². The SMILES string of the molecule is CN(C)C(=O)OCCCC/C=C/C(F)(F)F. The molecule has 0 aliphatic heterocycles. The normalized spacial score (nSPS) is 11.8. The molecule has 0 aliphatic carbocycles. The zero-order valence-electron chi connectivity index (χ0n) is 9.38. The van der Waals surface area contributed by atoms with Gasteiger partial charge in [-0.25, -0.2) is 4.79 Å². The van der Waals surface area contributed by atoms with Gasteiger partial charge < -0.3 is 9.64 Å². The van der Waals surface area contributed by atoms with Crippen molar-refractivity contribution in [2.24, 2.45) is 0 Å². The highest BCUT2D eigenvalue weighted by Gasteiger charge is 2.21. The number of amides is 1. The van der Waals surface area contributed by atoms with Gasteiger partial charge in [-0.1, -0.05) is 6.08 Å². The number of allylic oxidation sites excluding steroid dienone is 2. The van der Waals surface area contributed by atoms with Crippen LogP contribution in [0.25, 0.3) is 0 Å². The Kier molecular flexibility index (Phi) is 6.60. The van der Waals surface area contributed by atoms with Gasteiger partial charge >= 0.3 is 12.3 Å². The average Bonchev–Trinajstić information content (AvgIpc) is 2.14. The fraction of sp³-hybridized carbons (Fsp3) is 0.700. The minimum atomic E-state index is -4.24. The lowest BCUT2D eigenvalue weighted by atomic mass is 10.2. The molecule has 1 amide bonds. The molecule has 0 aromatic rings. The molecule has 0 bridgehead atoms. The van der Waals surface area contributed by atoms with Crippen LogP contribution in [-0.2, 0) is 4.74 Å². The van der Waals surface area contributed by atoms with Gasteiger partial charge in [-0.3, -0.25) is 0 Å². The highest BCUT2D eigenvalue weighted by molar-refractivity contribution is 5.66. The van der Waals surface area contributed by atoms with E-state index in [4.69, 9.17) is 4.74 Å². The molecule has 0 saturated carbocycles. The summed E-state index contributed by atoms with van der Waals surface area (Å²) in [7, 11) is 3.13. The number of rotatable bonds is 5. The fourth-order valence-electron chi connectivity index (χ4n) is 0.870. The van der Waals surface area contributed by atoms with Crippen LogP contribution in [0.5, 0.6) is 0 Å². The lowest BCUT2D eigenvalue weighted by Gasteiger charge is -2.10. The van der Waals surface area contributed by atoms with Crippen molar-refractivity contribution in [1.29, 1.82) is 0 Å². The molecule has 0 radical (unpaired) electrons. The van der Waals surface area contributed by atoms with E-state index in [0.717, 1.165) is 6.08 Å². The maximum absolute atomic E-state index is 11.7. The molecule has 0 unspecified atom stereocenters. The molecule has 16 heavy (non-hydrogen) atoms. The number of ether oxygens (including phenoxy) is 1. The van der Waals surface area contributed by atoms with Crippen molar-refractivity contribution in [2.45, 2.75) is 25.4 Å². The Labute approximate surface area is 92.9 Å². The maximum Gasteiger partial charge on any atom is 0.409 e. The third-order valence-corrected chi connectivity index (χ3v) is 1.66. The maximum atomic E-state index is 11.7. The summed E-state index contributed by atoms with van der Waals surface area (Å²) in [6.07, 6.45) is -1.93. The van der Waals surface area contributed by atoms with Gasteiger partial charge in [-0.2, -0.15) is 13.2 Å². The molecule has 94 valence electrons. The smallest absolute Gasteiger partial charge is 0.409 e. The molecule has 0 aromatic heterocycles. The highest BCUT2D eigenvalue weighted by atomic mass is 19.4. The van der Waals surface area contributed by atoms with Crippen LogP contribution in [0.1, 0.15) is 19.3 Å². The Bertz CT molecular complexity index is 237. The minimum absolute atomic E-state index is 0.221. The van der Waals surface area contributed by atoms with E-state index in [1.54, 1.807) is 14.1 Å². The summed E-state index contributed by atoms with van der Waals surface area (Å²) in [6.45, 7) is 0.233. The zero-order chi connectivity index (χ0) is 12.6. The summed E-state index contributed by atoms with van der Waals surface area (Å²) in [4.78, 5) is 12.2. The topological polar surface area (TPSA) is 29.5 Å². The van der Waals surface area contributed by atoms with E-state index >= 15 is 0 Å². The minimum Gasteiger partial charge on any atom is -0.449 e. The summed E-state index contributed by atoms with van der Waals surface area (Å²) >= 11 is 0. The largest absolute Gasteiger partial charge is 0.449 e. The zero-order valence-corrected chi connectivity index (χ0v) is 9.38. The van der Waals surface area contributed by atoms with Crippen molar-refractivity contribution >= 4 is 6.09 Å². The monoisotopic (exact) mass is 239 g/mol. The molecule has 0 saturated heterocycles. The molecular weight excluding hydrogens is 223 g/mol. The fourth-order valence-corrected chi connectivity index (χ4v) is 0.870. The Hall–Kier alpha value is -1.20. The van der Waals surface area contributed by atoms with Crippen LogP contribution in [0.15, 0.2) is 12.2 Å². The summed E-state index contributed by atoms with van der Waals surface area (Å²) in [5.74, 6) is 0. The number of carbonyl (C=O) groups excluding carboxylic acids is 1. The average molecular weight is 239 g/mol. The number of hydrogen-bond donors (Lipinski definition) is 0. The summed E-state index contributed by atoms with van der Waals surface area (Å²) in [5, 5.41) is 0. The molecule has 0 atom stereocenters. The summed E-state index contributed by atoms with van der Waals surface area (Å²) < 4.78 is 39.8. The van der Waals surface area contributed by atoms with Gasteiger partial charge in [-0.15, -0.1) is 0 Å². The van der Waals surface area contributed by atoms with E-state index in [1.807, 2.05) is 0 Å². The molecule has 3 nitrogen and oxygen atoms in total. The Balaban J connectivity index is 3.42. The van der Waals surface area contributed by atoms with E-state index in [0.29, 0.717) is 19.3 Å². The summed E-state index contributed by atoms with van der Waals surface area (Å²) in [6, 6.07) is 0. The third-order valence-electron chi connectivity index (χ3n) is 1.66. The van der Waals surface area contributed by atoms with E-state index in [1.165, 1.54) is 4.90 Å². The Morgan fingerprint density at radius 2 is 1.94 bits per heavy atom. The lowest BCUT2D eigenvalue weighted by Crippen LogP contribution is -2.23. The number of nitrogens with zero attached hydrogens (tertiary/aromatic N) is 1. The van der Waals surface area contributed by atoms with Gasteiger partial charge in [0.15, 0.2) is 0 Å². The third kappa shape index (κ3) is 9.36. The molecule has 0 fully saturated rings. The standard InChI is InChI=1S/C10H16F3NO2/c1-14(2)9(15)16-8-6-4-3-5-7-10(11,12)13/h5,7H,3-4,6,8H2,1-2H3/b7-5+. The first-order valence-corrected chi connectivity index (χ1v) is 4.91. The Morgan fingerprint density at radius 3 is 2.44 bits per heavy atom. The number of carbonyl (C=O) groups is 1. The van der Waals surface area contributed by atoms with Crippen molar-refractivity contribution in [3.8, 4) is 0 Å². The predicted octanol–water partition coefficient (Wildman–Crippen LogP) is 2.97. The molecule has 0 aromatic carbocycles. The second kappa shape index (κ2) is 7.14. The van der Waals surface area contributed by atoms with Crippen LogP contribution in [0.4, 0.5) is 18.0 Å². The van der Waals surface area contributed by atoms with Crippen LogP contribution in [-0.4, -0.2) is 37.9 Å². The molecule has 0 heterocycles. The summed E-state index contributed by atoms with van der Waals surface area (Å²) in [5.41, 5.74) is 0. The van der Waals surface area contributed by atoms with Crippen LogP contribution in [0, 0.1) is 0 Å². The van der Waals surface area contributed by atoms with Crippen LogP contribution in [0.2, 0.25) is 0 Å². The first-order chi connectivity index (χ1) is 7.33. The van der Waals surface area contributed by atoms with Crippen LogP contribution >= 0.6 is 0 Å². The van der Waals surface area contributed by atoms with Gasteiger partial charge in [0.2, 0.25) is 0 Å². The second-order valence-corrected chi connectivity index (χ2v) is 3.45. The van der Waals surface area contributed by atoms with Gasteiger partial charge in [0.05, 0.1) is 6.61 Å². The van der Waals surface area contributed by atoms with Crippen molar-refractivity contribution in [3.05, 3.63) is 12.2 Å². The van der Waals surface area contributed by atoms with Crippen LogP contribution in [0.3, 0.4) is 0 Å². The number of unbranched alkanes of at least 4 members (excludes halogenated alkanes) is 2. The molecule has 0 aliphatic rings. The molecule has 0 spiro atoms. The van der Waals surface area contributed by atoms with Gasteiger partial charge in [0.1, 0.15) is 0 Å². The van der Waals surface area contributed by atoms with Crippen molar-refractivity contribution in [1.82, 2.24) is 4.90 Å². The van der Waals surface area contributed by atoms with E-state index in [-0.39, 0.29) is 12.7 Å². The van der Waals surface area contributed by atoms with Crippen molar-refractivity contribution in [2.75, 3.05) is 20.7 Å². The second-order valence-electron chi connectivity index (χ2n) is 3.45. The van der Waals surface area contributed by atoms with E-state index in [2.05, 4.69) is 0 Å². The van der Waals surface area contributed by atoms with Gasteiger partial charge in [-0.05, 0) is 19.3 Å². The Morgan fingerprint density at radius 1 is 1.31 bits per heavy atom. The molecule has 6 heteroatoms. The number of halogens is 3. The van der Waals surface area contributed by atoms with Gasteiger partial charge in [0.25, 0.3) is 0 Å². The van der Waals surface area contributed by atoms with Crippen molar-refractivity contribution < 1.29 is 22.7 Å². The molecular formula is C10H16F3NO2. The first-order valence-electron chi connectivity index (χ1n) is 4.91. The predicted molar refractivity (Wildman–Crippen MR) is 54.1 cm³/mol. The van der Waals surface area contributed by atoms with E-state index < -0.39 is 12.3 Å². The molecule has 0 rings (SSSR count). The quantitative estimate of drug-likeness (QED) is 0.545. The lowest BCUT2D eigenvalue weighted by molar-refractivity contribution is -0.0800. The highest BCUT2D eigenvalue weighted by Crippen LogP contribution is 2.16.